The van der Waals surface area contributed by atoms with E-state index in [1.165, 1.54) is 29.5 Å². The number of imidazole rings is 1. The lowest BCUT2D eigenvalue weighted by Gasteiger charge is -2.06. The molecule has 2 heterocycles. The molecule has 0 atom stereocenters. The Balaban J connectivity index is 1.98. The Labute approximate surface area is 127 Å². The van der Waals surface area contributed by atoms with Crippen molar-refractivity contribution < 1.29 is 14.8 Å². The number of ether oxygens (including phenoxy) is 1. The molecule has 1 N–H and O–H groups in total. The quantitative estimate of drug-likeness (QED) is 0.587. The molecular weight excluding hydrogens is 318 g/mol. The van der Waals surface area contributed by atoms with E-state index in [1.807, 2.05) is 5.38 Å². The second kappa shape index (κ2) is 5.32. The van der Waals surface area contributed by atoms with Crippen molar-refractivity contribution in [2.24, 2.45) is 0 Å². The highest BCUT2D eigenvalue weighted by Gasteiger charge is 2.17. The molecular formula is C12H8ClN3O4S. The summed E-state index contributed by atoms with van der Waals surface area (Å²) in [6.45, 7) is -0.252. The van der Waals surface area contributed by atoms with Gasteiger partial charge < -0.3 is 9.84 Å². The number of thiazole rings is 1. The smallest absolute Gasteiger partial charge is 0.271 e. The summed E-state index contributed by atoms with van der Waals surface area (Å²) >= 11 is 7.36. The summed E-state index contributed by atoms with van der Waals surface area (Å²) in [5.74, 6) is 0.461. The molecule has 21 heavy (non-hydrogen) atoms. The van der Waals surface area contributed by atoms with Crippen LogP contribution in [0.2, 0.25) is 5.02 Å². The molecule has 0 aliphatic rings. The molecule has 0 unspecified atom stereocenters. The van der Waals surface area contributed by atoms with Gasteiger partial charge in [-0.15, -0.1) is 11.3 Å². The molecule has 0 bridgehead atoms. The van der Waals surface area contributed by atoms with Crippen LogP contribution in [0.15, 0.2) is 29.8 Å². The van der Waals surface area contributed by atoms with Crippen LogP contribution in [0.5, 0.6) is 11.6 Å². The highest BCUT2D eigenvalue weighted by molar-refractivity contribution is 7.15. The van der Waals surface area contributed by atoms with E-state index in [1.54, 1.807) is 10.6 Å². The minimum absolute atomic E-state index is 0.101. The summed E-state index contributed by atoms with van der Waals surface area (Å²) in [5, 5.41) is 22.0. The fraction of sp³-hybridized carbons (Fsp3) is 0.0833. The molecule has 0 spiro atoms. The van der Waals surface area contributed by atoms with Gasteiger partial charge in [0.15, 0.2) is 4.96 Å². The number of nitro groups is 1. The summed E-state index contributed by atoms with van der Waals surface area (Å²) in [5.41, 5.74) is 0.362. The molecule has 0 aliphatic heterocycles. The average molecular weight is 326 g/mol. The Morgan fingerprint density at radius 1 is 1.52 bits per heavy atom. The van der Waals surface area contributed by atoms with Crippen molar-refractivity contribution in [2.75, 3.05) is 0 Å². The van der Waals surface area contributed by atoms with Crippen LogP contribution in [-0.2, 0) is 6.61 Å². The molecule has 108 valence electrons. The molecule has 7 nitrogen and oxygen atoms in total. The van der Waals surface area contributed by atoms with Crippen molar-refractivity contribution in [3.05, 3.63) is 50.6 Å². The first-order chi connectivity index (χ1) is 10.1. The van der Waals surface area contributed by atoms with Crippen molar-refractivity contribution >= 4 is 33.6 Å². The second-order valence-electron chi connectivity index (χ2n) is 4.05. The number of nitrogens with zero attached hydrogens (tertiary/aromatic N) is 3. The normalized spacial score (nSPS) is 11.0. The Morgan fingerprint density at radius 3 is 3.00 bits per heavy atom. The number of halogens is 1. The largest absolute Gasteiger partial charge is 0.436 e. The topological polar surface area (TPSA) is 89.9 Å². The maximum Gasteiger partial charge on any atom is 0.271 e. The van der Waals surface area contributed by atoms with Gasteiger partial charge in [-0.1, -0.05) is 11.6 Å². The number of aliphatic hydroxyl groups is 1. The van der Waals surface area contributed by atoms with Crippen LogP contribution < -0.4 is 4.74 Å². The molecule has 9 heteroatoms. The molecule has 1 aromatic carbocycles. The van der Waals surface area contributed by atoms with Gasteiger partial charge in [-0.3, -0.25) is 14.5 Å². The molecule has 0 saturated heterocycles. The minimum atomic E-state index is -0.540. The second-order valence-corrected chi connectivity index (χ2v) is 5.33. The maximum atomic E-state index is 10.7. The van der Waals surface area contributed by atoms with Gasteiger partial charge in [-0.25, -0.2) is 0 Å². The number of nitro benzene ring substituents is 1. The van der Waals surface area contributed by atoms with E-state index in [-0.39, 0.29) is 28.9 Å². The number of fused-ring (bicyclic) bond motifs is 1. The SMILES string of the molecule is O=[N+]([O-])c1ccc(Oc2nc3sccn3c2CO)c(Cl)c1. The van der Waals surface area contributed by atoms with E-state index in [0.717, 1.165) is 0 Å². The van der Waals surface area contributed by atoms with Gasteiger partial charge in [0.1, 0.15) is 11.4 Å². The van der Waals surface area contributed by atoms with Gasteiger partial charge in [-0.05, 0) is 6.07 Å². The summed E-state index contributed by atoms with van der Waals surface area (Å²) in [4.78, 5) is 15.0. The summed E-state index contributed by atoms with van der Waals surface area (Å²) < 4.78 is 7.28. The lowest BCUT2D eigenvalue weighted by Crippen LogP contribution is -1.94. The minimum Gasteiger partial charge on any atom is -0.436 e. The highest BCUT2D eigenvalue weighted by Crippen LogP contribution is 2.34. The lowest BCUT2D eigenvalue weighted by atomic mass is 10.3. The van der Waals surface area contributed by atoms with Crippen molar-refractivity contribution in [3.8, 4) is 11.6 Å². The van der Waals surface area contributed by atoms with Crippen LogP contribution >= 0.6 is 22.9 Å². The van der Waals surface area contributed by atoms with Crippen molar-refractivity contribution in [3.63, 3.8) is 0 Å². The number of aromatic nitrogens is 2. The molecule has 2 aromatic heterocycles. The van der Waals surface area contributed by atoms with Gasteiger partial charge in [0.25, 0.3) is 5.69 Å². The van der Waals surface area contributed by atoms with E-state index in [9.17, 15) is 15.2 Å². The van der Waals surface area contributed by atoms with E-state index in [2.05, 4.69) is 4.98 Å². The van der Waals surface area contributed by atoms with Gasteiger partial charge >= 0.3 is 0 Å². The third kappa shape index (κ3) is 2.44. The Bertz CT molecular complexity index is 829. The van der Waals surface area contributed by atoms with Crippen LogP contribution in [0.1, 0.15) is 5.69 Å². The predicted octanol–water partition coefficient (Wildman–Crippen LogP) is 3.24. The van der Waals surface area contributed by atoms with Crippen molar-refractivity contribution in [2.45, 2.75) is 6.61 Å². The van der Waals surface area contributed by atoms with Crippen LogP contribution in [0.3, 0.4) is 0 Å². The van der Waals surface area contributed by atoms with Crippen LogP contribution in [0, 0.1) is 10.1 Å². The highest BCUT2D eigenvalue weighted by atomic mass is 35.5. The number of rotatable bonds is 4. The fourth-order valence-electron chi connectivity index (χ4n) is 1.83. The number of hydrogen-bond acceptors (Lipinski definition) is 6. The first-order valence-electron chi connectivity index (χ1n) is 5.77. The molecule has 0 aliphatic carbocycles. The molecule has 3 aromatic rings. The fourth-order valence-corrected chi connectivity index (χ4v) is 2.77. The number of non-ortho nitro benzene ring substituents is 1. The molecule has 0 radical (unpaired) electrons. The summed E-state index contributed by atoms with van der Waals surface area (Å²) in [6.07, 6.45) is 1.77. The number of hydrogen-bond donors (Lipinski definition) is 1. The van der Waals surface area contributed by atoms with Gasteiger partial charge in [0.05, 0.1) is 16.6 Å². The standard InChI is InChI=1S/C12H8ClN3O4S/c13-8-5-7(16(18)19)1-2-10(8)20-11-9(6-17)15-3-4-21-12(15)14-11/h1-5,17H,6H2. The number of aliphatic hydroxyl groups excluding tert-OH is 1. The zero-order valence-corrected chi connectivity index (χ0v) is 12.0. The first-order valence-corrected chi connectivity index (χ1v) is 7.03. The van der Waals surface area contributed by atoms with Gasteiger partial charge in [0.2, 0.25) is 5.88 Å². The van der Waals surface area contributed by atoms with E-state index in [4.69, 9.17) is 16.3 Å². The zero-order chi connectivity index (χ0) is 15.0. The van der Waals surface area contributed by atoms with E-state index in [0.29, 0.717) is 10.7 Å². The third-order valence-corrected chi connectivity index (χ3v) is 3.86. The monoisotopic (exact) mass is 325 g/mol. The van der Waals surface area contributed by atoms with Crippen LogP contribution in [0.4, 0.5) is 5.69 Å². The van der Waals surface area contributed by atoms with Crippen molar-refractivity contribution in [1.29, 1.82) is 0 Å². The van der Waals surface area contributed by atoms with Crippen LogP contribution in [-0.4, -0.2) is 19.4 Å². The first kappa shape index (κ1) is 13.8. The summed E-state index contributed by atoms with van der Waals surface area (Å²) in [6, 6.07) is 3.89. The van der Waals surface area contributed by atoms with Gasteiger partial charge in [-0.2, -0.15) is 4.98 Å². The third-order valence-electron chi connectivity index (χ3n) is 2.81. The molecule has 3 rings (SSSR count). The average Bonchev–Trinajstić information content (AvgIpc) is 3.00. The predicted molar refractivity (Wildman–Crippen MR) is 77.2 cm³/mol. The Morgan fingerprint density at radius 2 is 2.33 bits per heavy atom. The zero-order valence-electron chi connectivity index (χ0n) is 10.4. The van der Waals surface area contributed by atoms with Crippen LogP contribution in [0.25, 0.3) is 4.96 Å². The molecule has 0 saturated carbocycles. The Kier molecular flexibility index (Phi) is 3.50. The van der Waals surface area contributed by atoms with Crippen molar-refractivity contribution in [1.82, 2.24) is 9.38 Å². The molecule has 0 fully saturated rings. The maximum absolute atomic E-state index is 10.7. The van der Waals surface area contributed by atoms with E-state index < -0.39 is 4.92 Å². The van der Waals surface area contributed by atoms with E-state index >= 15 is 0 Å². The lowest BCUT2D eigenvalue weighted by molar-refractivity contribution is -0.384. The Hall–Kier alpha value is -2.16. The molecule has 0 amide bonds. The summed E-state index contributed by atoms with van der Waals surface area (Å²) in [7, 11) is 0. The van der Waals surface area contributed by atoms with Gasteiger partial charge in [0, 0.05) is 23.7 Å². The number of benzene rings is 1.